The number of hydrogen-bond acceptors (Lipinski definition) is 4. The first-order valence-corrected chi connectivity index (χ1v) is 7.64. The molecule has 0 spiro atoms. The Hall–Kier alpha value is -2.08. The summed E-state index contributed by atoms with van der Waals surface area (Å²) in [7, 11) is 0. The Bertz CT molecular complexity index is 738. The number of rotatable bonds is 5. The standard InChI is InChI=1S/C17H16ClN3O2.ClH/c18-14-8-11(6-7-16(22)21-23)10-19-17(14)20-15-9-13(15)12-4-2-1-3-5-12;/h1-8,10,13,15,23H,9H2,(H,19,20)(H,21,22);1H/t13-,15+;/m1./s1. The van der Waals surface area contributed by atoms with Gasteiger partial charge in [0.25, 0.3) is 5.91 Å². The van der Waals surface area contributed by atoms with Crippen molar-refractivity contribution in [1.29, 1.82) is 0 Å². The second kappa shape index (κ2) is 8.15. The van der Waals surface area contributed by atoms with Crippen molar-refractivity contribution in [3.63, 3.8) is 0 Å². The van der Waals surface area contributed by atoms with Gasteiger partial charge in [-0.05, 0) is 29.7 Å². The molecule has 0 radical (unpaired) electrons. The van der Waals surface area contributed by atoms with Crippen molar-refractivity contribution >= 4 is 41.8 Å². The van der Waals surface area contributed by atoms with E-state index in [1.807, 2.05) is 18.2 Å². The number of benzene rings is 1. The molecular formula is C17H17Cl2N3O2. The van der Waals surface area contributed by atoms with Crippen LogP contribution in [0.2, 0.25) is 5.02 Å². The fraction of sp³-hybridized carbons (Fsp3) is 0.176. The molecule has 1 aliphatic carbocycles. The second-order valence-corrected chi connectivity index (χ2v) is 5.82. The SMILES string of the molecule is Cl.O=C(C=Cc1cnc(N[C@H]2C[C@@H]2c2ccccc2)c(Cl)c1)NO. The van der Waals surface area contributed by atoms with Gasteiger partial charge in [0.1, 0.15) is 5.82 Å². The van der Waals surface area contributed by atoms with Crippen LogP contribution < -0.4 is 10.8 Å². The first-order valence-electron chi connectivity index (χ1n) is 7.26. The van der Waals surface area contributed by atoms with Crippen molar-refractivity contribution in [2.24, 2.45) is 0 Å². The molecular weight excluding hydrogens is 349 g/mol. The third kappa shape index (κ3) is 4.47. The molecule has 1 aromatic heterocycles. The third-order valence-corrected chi connectivity index (χ3v) is 4.03. The molecule has 3 N–H and O–H groups in total. The van der Waals surface area contributed by atoms with Crippen LogP contribution in [-0.4, -0.2) is 22.1 Å². The van der Waals surface area contributed by atoms with E-state index in [-0.39, 0.29) is 12.4 Å². The molecule has 1 aromatic carbocycles. The predicted molar refractivity (Wildman–Crippen MR) is 96.7 cm³/mol. The number of amides is 1. The van der Waals surface area contributed by atoms with Crippen molar-refractivity contribution in [2.45, 2.75) is 18.4 Å². The first kappa shape index (κ1) is 18.3. The lowest BCUT2D eigenvalue weighted by Crippen LogP contribution is -2.14. The summed E-state index contributed by atoms with van der Waals surface area (Å²) < 4.78 is 0. The van der Waals surface area contributed by atoms with E-state index in [4.69, 9.17) is 16.8 Å². The number of carbonyl (C=O) groups is 1. The number of nitrogens with zero attached hydrogens (tertiary/aromatic N) is 1. The molecule has 0 unspecified atom stereocenters. The average molecular weight is 366 g/mol. The van der Waals surface area contributed by atoms with Crippen LogP contribution in [0.5, 0.6) is 0 Å². The summed E-state index contributed by atoms with van der Waals surface area (Å²) in [6, 6.07) is 12.4. The number of nitrogens with one attached hydrogen (secondary N) is 2. The van der Waals surface area contributed by atoms with E-state index in [1.165, 1.54) is 23.2 Å². The summed E-state index contributed by atoms with van der Waals surface area (Å²) in [5.74, 6) is 0.521. The van der Waals surface area contributed by atoms with Crippen molar-refractivity contribution < 1.29 is 10.0 Å². The van der Waals surface area contributed by atoms with Gasteiger partial charge in [-0.3, -0.25) is 10.0 Å². The van der Waals surface area contributed by atoms with Gasteiger partial charge in [-0.25, -0.2) is 10.5 Å². The zero-order valence-corrected chi connectivity index (χ0v) is 14.2. The highest BCUT2D eigenvalue weighted by Gasteiger charge is 2.38. The number of aromatic nitrogens is 1. The van der Waals surface area contributed by atoms with Crippen LogP contribution in [0.4, 0.5) is 5.82 Å². The monoisotopic (exact) mass is 365 g/mol. The lowest BCUT2D eigenvalue weighted by molar-refractivity contribution is -0.124. The van der Waals surface area contributed by atoms with E-state index in [1.54, 1.807) is 12.3 Å². The summed E-state index contributed by atoms with van der Waals surface area (Å²) in [5, 5.41) is 12.3. The van der Waals surface area contributed by atoms with E-state index in [2.05, 4.69) is 22.4 Å². The van der Waals surface area contributed by atoms with Gasteiger partial charge in [-0.15, -0.1) is 12.4 Å². The van der Waals surface area contributed by atoms with Crippen molar-refractivity contribution in [3.05, 3.63) is 64.8 Å². The van der Waals surface area contributed by atoms with Crippen LogP contribution in [0, 0.1) is 0 Å². The predicted octanol–water partition coefficient (Wildman–Crippen LogP) is 3.64. The smallest absolute Gasteiger partial charge is 0.267 e. The molecule has 5 nitrogen and oxygen atoms in total. The number of anilines is 1. The summed E-state index contributed by atoms with van der Waals surface area (Å²) in [6.07, 6.45) is 5.40. The molecule has 3 rings (SSSR count). The number of carbonyl (C=O) groups excluding carboxylic acids is 1. The van der Waals surface area contributed by atoms with Crippen LogP contribution in [0.3, 0.4) is 0 Å². The lowest BCUT2D eigenvalue weighted by Gasteiger charge is -2.08. The largest absolute Gasteiger partial charge is 0.365 e. The topological polar surface area (TPSA) is 74.2 Å². The Labute approximate surface area is 151 Å². The minimum atomic E-state index is -0.605. The highest BCUT2D eigenvalue weighted by molar-refractivity contribution is 6.33. The van der Waals surface area contributed by atoms with Gasteiger partial charge in [-0.2, -0.15) is 0 Å². The zero-order chi connectivity index (χ0) is 16.2. The van der Waals surface area contributed by atoms with Crippen LogP contribution in [0.1, 0.15) is 23.5 Å². The zero-order valence-electron chi connectivity index (χ0n) is 12.6. The molecule has 0 bridgehead atoms. The summed E-state index contributed by atoms with van der Waals surface area (Å²) in [6.45, 7) is 0. The fourth-order valence-electron chi connectivity index (χ4n) is 2.46. The van der Waals surface area contributed by atoms with E-state index in [9.17, 15) is 4.79 Å². The van der Waals surface area contributed by atoms with Gasteiger partial charge in [0.2, 0.25) is 0 Å². The van der Waals surface area contributed by atoms with E-state index in [0.29, 0.717) is 28.4 Å². The summed E-state index contributed by atoms with van der Waals surface area (Å²) >= 11 is 6.24. The van der Waals surface area contributed by atoms with Crippen LogP contribution >= 0.6 is 24.0 Å². The molecule has 126 valence electrons. The van der Waals surface area contributed by atoms with Crippen LogP contribution in [0.15, 0.2) is 48.7 Å². The maximum absolute atomic E-state index is 10.9. The molecule has 24 heavy (non-hydrogen) atoms. The van der Waals surface area contributed by atoms with Gasteiger partial charge in [0.05, 0.1) is 5.02 Å². The number of halogens is 2. The van der Waals surface area contributed by atoms with E-state index < -0.39 is 5.91 Å². The van der Waals surface area contributed by atoms with E-state index in [0.717, 1.165) is 6.42 Å². The number of hydroxylamine groups is 1. The Kier molecular flexibility index (Phi) is 6.20. The van der Waals surface area contributed by atoms with Crippen molar-refractivity contribution in [1.82, 2.24) is 10.5 Å². The summed E-state index contributed by atoms with van der Waals surface area (Å²) in [4.78, 5) is 15.2. The molecule has 2 atom stereocenters. The Morgan fingerprint density at radius 3 is 2.75 bits per heavy atom. The Balaban J connectivity index is 0.00000208. The van der Waals surface area contributed by atoms with Gasteiger partial charge >= 0.3 is 0 Å². The van der Waals surface area contributed by atoms with Gasteiger partial charge < -0.3 is 5.32 Å². The van der Waals surface area contributed by atoms with Crippen LogP contribution in [-0.2, 0) is 4.79 Å². The second-order valence-electron chi connectivity index (χ2n) is 5.41. The minimum absolute atomic E-state index is 0. The lowest BCUT2D eigenvalue weighted by atomic mass is 10.1. The molecule has 7 heteroatoms. The normalized spacial score (nSPS) is 18.8. The van der Waals surface area contributed by atoms with E-state index >= 15 is 0 Å². The van der Waals surface area contributed by atoms with Gasteiger partial charge in [0.15, 0.2) is 0 Å². The molecule has 1 aliphatic rings. The summed E-state index contributed by atoms with van der Waals surface area (Å²) in [5.41, 5.74) is 3.52. The molecule has 1 heterocycles. The molecule has 1 amide bonds. The minimum Gasteiger partial charge on any atom is -0.365 e. The highest BCUT2D eigenvalue weighted by atomic mass is 35.5. The number of hydrogen-bond donors (Lipinski definition) is 3. The first-order chi connectivity index (χ1) is 11.2. The highest BCUT2D eigenvalue weighted by Crippen LogP contribution is 2.43. The Morgan fingerprint density at radius 2 is 2.08 bits per heavy atom. The fourth-order valence-corrected chi connectivity index (χ4v) is 2.69. The maximum atomic E-state index is 10.9. The van der Waals surface area contributed by atoms with Gasteiger partial charge in [0, 0.05) is 24.2 Å². The average Bonchev–Trinajstić information content (AvgIpc) is 3.35. The molecule has 2 aromatic rings. The quantitative estimate of drug-likeness (QED) is 0.429. The molecule has 1 saturated carbocycles. The molecule has 1 fully saturated rings. The van der Waals surface area contributed by atoms with Crippen LogP contribution in [0.25, 0.3) is 6.08 Å². The van der Waals surface area contributed by atoms with Crippen molar-refractivity contribution in [2.75, 3.05) is 5.32 Å². The van der Waals surface area contributed by atoms with Gasteiger partial charge in [-0.1, -0.05) is 41.9 Å². The Morgan fingerprint density at radius 1 is 1.33 bits per heavy atom. The molecule has 0 aliphatic heterocycles. The molecule has 0 saturated heterocycles. The maximum Gasteiger partial charge on any atom is 0.267 e. The third-order valence-electron chi connectivity index (χ3n) is 3.74. The number of pyridine rings is 1. The van der Waals surface area contributed by atoms with Crippen molar-refractivity contribution in [3.8, 4) is 0 Å².